The van der Waals surface area contributed by atoms with Crippen molar-refractivity contribution in [1.29, 1.82) is 0 Å². The van der Waals surface area contributed by atoms with Gasteiger partial charge in [-0.25, -0.2) is 0 Å². The first kappa shape index (κ1) is 31.5. The number of carbonyl (C=O) groups excluding carboxylic acids is 3. The van der Waals surface area contributed by atoms with Gasteiger partial charge in [0.05, 0.1) is 5.56 Å². The second kappa shape index (κ2) is 10.0. The Bertz CT molecular complexity index is 1480. The fraction of sp³-hybridized carbons (Fsp3) is 0.639. The number of aromatic hydroxyl groups is 1. The minimum atomic E-state index is -2.60. The molecule has 0 aliphatic heterocycles. The first-order valence-corrected chi connectivity index (χ1v) is 15.9. The van der Waals surface area contributed by atoms with E-state index in [1.165, 1.54) is 0 Å². The molecule has 7 nitrogen and oxygen atoms in total. The van der Waals surface area contributed by atoms with Crippen LogP contribution in [0.3, 0.4) is 0 Å². The number of Topliss-reactive ketones (excluding diaryl/α,β-unsaturated/α-hetero) is 3. The van der Waals surface area contributed by atoms with Crippen LogP contribution in [0.4, 0.5) is 0 Å². The largest absolute Gasteiger partial charge is 0.511 e. The van der Waals surface area contributed by atoms with E-state index in [1.54, 1.807) is 6.92 Å². The smallest absolute Gasteiger partial charge is 0.209 e. The van der Waals surface area contributed by atoms with Crippen molar-refractivity contribution in [3.8, 4) is 5.75 Å². The molecule has 0 amide bonds. The molecule has 4 aliphatic carbocycles. The Morgan fingerprint density at radius 1 is 1.02 bits per heavy atom. The second-order valence-corrected chi connectivity index (χ2v) is 15.3. The van der Waals surface area contributed by atoms with Crippen LogP contribution in [-0.4, -0.2) is 43.4 Å². The minimum Gasteiger partial charge on any atom is -0.511 e. The Labute approximate surface area is 255 Å². The third-order valence-corrected chi connectivity index (χ3v) is 11.7. The molecule has 5 rings (SSSR count). The van der Waals surface area contributed by atoms with E-state index in [0.29, 0.717) is 36.2 Å². The molecule has 4 N–H and O–H groups in total. The number of hydrogen-bond acceptors (Lipinski definition) is 7. The number of hydrogen-bond donors (Lipinski definition) is 4. The van der Waals surface area contributed by atoms with Gasteiger partial charge in [-0.15, -0.1) is 0 Å². The van der Waals surface area contributed by atoms with Crippen LogP contribution in [-0.2, 0) is 22.4 Å². The van der Waals surface area contributed by atoms with Gasteiger partial charge in [-0.3, -0.25) is 14.4 Å². The standard InChI is InChI=1S/C36H48O7/c1-16(2)22-12-21(13-23-18(5)10-11-19(23)6)29(38)26-24(22)14-34(8)15-35(9)27(17(3)4)30(39)25(20(7)37)32(41)36(35,43)33(42)28(34)31(26)40/h12,16-19,23,27,38-39,42-43H,10-11,13-15H2,1-9H3/t18?,19?,23?,27?,34-,35-,36+/m1/s1. The molecule has 7 heteroatoms. The number of aliphatic hydroxyl groups is 3. The number of rotatable bonds is 5. The Morgan fingerprint density at radius 2 is 1.60 bits per heavy atom. The molecule has 0 saturated heterocycles. The zero-order chi connectivity index (χ0) is 32.1. The number of phenols is 1. The van der Waals surface area contributed by atoms with Crippen molar-refractivity contribution in [2.24, 2.45) is 40.4 Å². The van der Waals surface area contributed by atoms with Crippen molar-refractivity contribution in [3.05, 3.63) is 51.0 Å². The summed E-state index contributed by atoms with van der Waals surface area (Å²) < 4.78 is 0. The first-order chi connectivity index (χ1) is 19.8. The molecule has 0 heterocycles. The highest BCUT2D eigenvalue weighted by molar-refractivity contribution is 6.25. The lowest BCUT2D eigenvalue weighted by Gasteiger charge is -2.59. The number of fused-ring (bicyclic) bond motifs is 3. The summed E-state index contributed by atoms with van der Waals surface area (Å²) in [5.74, 6) is -3.34. The summed E-state index contributed by atoms with van der Waals surface area (Å²) in [5.41, 5.74) is -3.10. The Morgan fingerprint density at radius 3 is 2.12 bits per heavy atom. The van der Waals surface area contributed by atoms with Crippen LogP contribution in [0.1, 0.15) is 115 Å². The molecule has 4 aliphatic rings. The molecule has 3 unspecified atom stereocenters. The minimum absolute atomic E-state index is 0.0583. The first-order valence-electron chi connectivity index (χ1n) is 15.9. The van der Waals surface area contributed by atoms with Crippen LogP contribution < -0.4 is 0 Å². The van der Waals surface area contributed by atoms with Crippen LogP contribution in [0.5, 0.6) is 5.75 Å². The van der Waals surface area contributed by atoms with Crippen molar-refractivity contribution in [3.63, 3.8) is 0 Å². The number of benzene rings is 1. The summed E-state index contributed by atoms with van der Waals surface area (Å²) in [5, 5.41) is 47.3. The monoisotopic (exact) mass is 592 g/mol. The quantitative estimate of drug-likeness (QED) is 0.280. The Balaban J connectivity index is 1.76. The highest BCUT2D eigenvalue weighted by Gasteiger charge is 2.71. The molecule has 43 heavy (non-hydrogen) atoms. The van der Waals surface area contributed by atoms with Crippen molar-refractivity contribution in [2.75, 3.05) is 0 Å². The molecular formula is C36H48O7. The van der Waals surface area contributed by atoms with E-state index < -0.39 is 51.0 Å². The number of ketones is 3. The van der Waals surface area contributed by atoms with Crippen molar-refractivity contribution >= 4 is 17.3 Å². The number of allylic oxidation sites excluding steroid dienone is 2. The average Bonchev–Trinajstić information content (AvgIpc) is 3.19. The third-order valence-electron chi connectivity index (χ3n) is 11.7. The van der Waals surface area contributed by atoms with Gasteiger partial charge in [0.2, 0.25) is 5.78 Å². The van der Waals surface area contributed by atoms with Crippen molar-refractivity contribution < 1.29 is 34.8 Å². The maximum atomic E-state index is 14.6. The summed E-state index contributed by atoms with van der Waals surface area (Å²) >= 11 is 0. The predicted octanol–water partition coefficient (Wildman–Crippen LogP) is 6.69. The van der Waals surface area contributed by atoms with Gasteiger partial charge in [0.1, 0.15) is 22.8 Å². The van der Waals surface area contributed by atoms with E-state index in [0.717, 1.165) is 30.9 Å². The highest BCUT2D eigenvalue weighted by Crippen LogP contribution is 2.65. The lowest BCUT2D eigenvalue weighted by molar-refractivity contribution is -0.171. The zero-order valence-corrected chi connectivity index (χ0v) is 27.1. The van der Waals surface area contributed by atoms with Gasteiger partial charge in [0.15, 0.2) is 17.2 Å². The molecule has 0 spiro atoms. The second-order valence-electron chi connectivity index (χ2n) is 15.3. The SMILES string of the molecule is CC(=O)C1=C(O)C(C(C)C)[C@@]2(C)C[C@@]3(C)Cc4c(C(C)C)cc(CC5C(C)CCC5C)c(O)c4C(=O)C3=C(O)[C@@]2(O)C1=O. The van der Waals surface area contributed by atoms with E-state index in [9.17, 15) is 34.8 Å². The van der Waals surface area contributed by atoms with Gasteiger partial charge in [0.25, 0.3) is 0 Å². The maximum Gasteiger partial charge on any atom is 0.209 e. The zero-order valence-electron chi connectivity index (χ0n) is 27.1. The Kier molecular flexibility index (Phi) is 7.36. The molecular weight excluding hydrogens is 544 g/mol. The predicted molar refractivity (Wildman–Crippen MR) is 164 cm³/mol. The number of aliphatic hydroxyl groups excluding tert-OH is 2. The van der Waals surface area contributed by atoms with Crippen LogP contribution >= 0.6 is 0 Å². The molecule has 0 radical (unpaired) electrons. The van der Waals surface area contributed by atoms with Gasteiger partial charge < -0.3 is 20.4 Å². The summed E-state index contributed by atoms with van der Waals surface area (Å²) in [6.07, 6.45) is 3.30. The molecule has 6 atom stereocenters. The topological polar surface area (TPSA) is 132 Å². The normalized spacial score (nSPS) is 35.9. The molecule has 1 aromatic carbocycles. The molecule has 0 aromatic heterocycles. The van der Waals surface area contributed by atoms with Crippen LogP contribution in [0.2, 0.25) is 0 Å². The van der Waals surface area contributed by atoms with E-state index in [-0.39, 0.29) is 40.9 Å². The van der Waals surface area contributed by atoms with Crippen LogP contribution in [0.15, 0.2) is 28.7 Å². The summed E-state index contributed by atoms with van der Waals surface area (Å²) in [6, 6.07) is 2.05. The maximum absolute atomic E-state index is 14.6. The number of phenolic OH excluding ortho intramolecular Hbond substituents is 1. The van der Waals surface area contributed by atoms with E-state index in [2.05, 4.69) is 33.8 Å². The van der Waals surface area contributed by atoms with Gasteiger partial charge in [-0.05, 0) is 72.5 Å². The molecule has 0 bridgehead atoms. The third kappa shape index (κ3) is 4.13. The fourth-order valence-electron chi connectivity index (χ4n) is 9.73. The van der Waals surface area contributed by atoms with Crippen molar-refractivity contribution in [1.82, 2.24) is 0 Å². The average molecular weight is 593 g/mol. The van der Waals surface area contributed by atoms with Gasteiger partial charge in [-0.1, -0.05) is 74.3 Å². The number of carbonyl (C=O) groups is 3. The van der Waals surface area contributed by atoms with E-state index in [1.807, 2.05) is 20.8 Å². The van der Waals surface area contributed by atoms with Crippen molar-refractivity contribution in [2.45, 2.75) is 106 Å². The summed E-state index contributed by atoms with van der Waals surface area (Å²) in [4.78, 5) is 41.1. The van der Waals surface area contributed by atoms with Gasteiger partial charge >= 0.3 is 0 Å². The van der Waals surface area contributed by atoms with Gasteiger partial charge in [0, 0.05) is 22.3 Å². The molecule has 1 fully saturated rings. The van der Waals surface area contributed by atoms with Crippen LogP contribution in [0.25, 0.3) is 0 Å². The molecule has 234 valence electrons. The van der Waals surface area contributed by atoms with Crippen LogP contribution in [0, 0.1) is 40.4 Å². The van der Waals surface area contributed by atoms with E-state index >= 15 is 0 Å². The lowest BCUT2D eigenvalue weighted by atomic mass is 9.44. The Hall–Kier alpha value is -2.93. The summed E-state index contributed by atoms with van der Waals surface area (Å²) in [7, 11) is 0. The fourth-order valence-corrected chi connectivity index (χ4v) is 9.73. The summed E-state index contributed by atoms with van der Waals surface area (Å²) in [6.45, 7) is 16.9. The molecule has 1 aromatic rings. The lowest BCUT2D eigenvalue weighted by Crippen LogP contribution is -2.67. The van der Waals surface area contributed by atoms with Gasteiger partial charge in [-0.2, -0.15) is 0 Å². The van der Waals surface area contributed by atoms with E-state index in [4.69, 9.17) is 0 Å². The highest BCUT2D eigenvalue weighted by atomic mass is 16.3. The molecule has 1 saturated carbocycles.